The third kappa shape index (κ3) is 3.03. The lowest BCUT2D eigenvalue weighted by Gasteiger charge is -2.07. The molecule has 5 heteroatoms. The zero-order chi connectivity index (χ0) is 12.3. The number of nitrogens with zero attached hydrogens (tertiary/aromatic N) is 4. The van der Waals surface area contributed by atoms with Gasteiger partial charge in [0, 0.05) is 37.1 Å². The second-order valence-corrected chi connectivity index (χ2v) is 4.36. The number of hydrogen-bond donors (Lipinski definition) is 1. The van der Waals surface area contributed by atoms with E-state index < -0.39 is 0 Å². The molecule has 17 heavy (non-hydrogen) atoms. The number of rotatable bonds is 4. The van der Waals surface area contributed by atoms with Crippen molar-refractivity contribution in [2.24, 2.45) is 7.05 Å². The standard InChI is InChI=1S/C12H17N5/c1-9(2)11-4-12(15-8-14-11)13-5-10-6-16-17(3)7-10/h4,6-9H,5H2,1-3H3,(H,13,14,15). The highest BCUT2D eigenvalue weighted by Crippen LogP contribution is 2.14. The van der Waals surface area contributed by atoms with E-state index in [1.54, 1.807) is 11.0 Å². The molecule has 0 aliphatic heterocycles. The second-order valence-electron chi connectivity index (χ2n) is 4.36. The van der Waals surface area contributed by atoms with Crippen molar-refractivity contribution in [1.29, 1.82) is 0 Å². The summed E-state index contributed by atoms with van der Waals surface area (Å²) in [5.41, 5.74) is 2.19. The van der Waals surface area contributed by atoms with Crippen LogP contribution < -0.4 is 5.32 Å². The minimum absolute atomic E-state index is 0.414. The highest BCUT2D eigenvalue weighted by molar-refractivity contribution is 5.36. The monoisotopic (exact) mass is 231 g/mol. The molecule has 2 aromatic rings. The van der Waals surface area contributed by atoms with Crippen LogP contribution in [0.25, 0.3) is 0 Å². The Bertz CT molecular complexity index is 489. The van der Waals surface area contributed by atoms with Crippen LogP contribution in [0.15, 0.2) is 24.8 Å². The summed E-state index contributed by atoms with van der Waals surface area (Å²) < 4.78 is 1.79. The van der Waals surface area contributed by atoms with Crippen LogP contribution in [0, 0.1) is 0 Å². The Labute approximate surface area is 101 Å². The quantitative estimate of drug-likeness (QED) is 0.873. The van der Waals surface area contributed by atoms with Crippen molar-refractivity contribution < 1.29 is 0 Å². The number of hydrogen-bond acceptors (Lipinski definition) is 4. The maximum atomic E-state index is 4.23. The van der Waals surface area contributed by atoms with Gasteiger partial charge in [0.25, 0.3) is 0 Å². The van der Waals surface area contributed by atoms with Gasteiger partial charge in [0.2, 0.25) is 0 Å². The molecular formula is C12H17N5. The lowest BCUT2D eigenvalue weighted by atomic mass is 10.1. The normalized spacial score (nSPS) is 10.8. The zero-order valence-corrected chi connectivity index (χ0v) is 10.4. The third-order valence-electron chi connectivity index (χ3n) is 2.51. The van der Waals surface area contributed by atoms with Gasteiger partial charge in [0.1, 0.15) is 12.1 Å². The predicted octanol–water partition coefficient (Wildman–Crippen LogP) is 1.95. The summed E-state index contributed by atoms with van der Waals surface area (Å²) in [6.45, 7) is 4.96. The fourth-order valence-electron chi connectivity index (χ4n) is 1.54. The molecule has 2 rings (SSSR count). The molecule has 2 aromatic heterocycles. The van der Waals surface area contributed by atoms with Crippen LogP contribution in [0.1, 0.15) is 31.0 Å². The Morgan fingerprint density at radius 3 is 2.82 bits per heavy atom. The Balaban J connectivity index is 2.01. The van der Waals surface area contributed by atoms with E-state index in [0.717, 1.165) is 23.6 Å². The maximum Gasteiger partial charge on any atom is 0.129 e. The first-order valence-corrected chi connectivity index (χ1v) is 5.68. The molecule has 0 fully saturated rings. The summed E-state index contributed by atoms with van der Waals surface area (Å²) in [5.74, 6) is 1.27. The van der Waals surface area contributed by atoms with Gasteiger partial charge in [-0.3, -0.25) is 4.68 Å². The van der Waals surface area contributed by atoms with Gasteiger partial charge >= 0.3 is 0 Å². The average molecular weight is 231 g/mol. The van der Waals surface area contributed by atoms with Gasteiger partial charge in [0.05, 0.1) is 6.20 Å². The summed E-state index contributed by atoms with van der Waals surface area (Å²) in [5, 5.41) is 7.38. The SMILES string of the molecule is CC(C)c1cc(NCc2cnn(C)c2)ncn1. The van der Waals surface area contributed by atoms with Crippen molar-refractivity contribution >= 4 is 5.82 Å². The minimum atomic E-state index is 0.414. The van der Waals surface area contributed by atoms with E-state index >= 15 is 0 Å². The predicted molar refractivity (Wildman–Crippen MR) is 66.7 cm³/mol. The van der Waals surface area contributed by atoms with Crippen molar-refractivity contribution in [3.8, 4) is 0 Å². The van der Waals surface area contributed by atoms with Crippen molar-refractivity contribution in [1.82, 2.24) is 19.7 Å². The molecule has 0 bridgehead atoms. The molecule has 0 saturated carbocycles. The average Bonchev–Trinajstić information content (AvgIpc) is 2.73. The van der Waals surface area contributed by atoms with E-state index in [1.165, 1.54) is 0 Å². The molecule has 0 aliphatic rings. The molecule has 90 valence electrons. The van der Waals surface area contributed by atoms with Crippen molar-refractivity contribution in [3.05, 3.63) is 36.0 Å². The fourth-order valence-corrected chi connectivity index (χ4v) is 1.54. The Morgan fingerprint density at radius 1 is 1.35 bits per heavy atom. The lowest BCUT2D eigenvalue weighted by molar-refractivity contribution is 0.767. The topological polar surface area (TPSA) is 55.6 Å². The highest BCUT2D eigenvalue weighted by Gasteiger charge is 2.03. The Morgan fingerprint density at radius 2 is 2.18 bits per heavy atom. The number of aromatic nitrogens is 4. The van der Waals surface area contributed by atoms with E-state index in [9.17, 15) is 0 Å². The summed E-state index contributed by atoms with van der Waals surface area (Å²) >= 11 is 0. The summed E-state index contributed by atoms with van der Waals surface area (Å²) in [7, 11) is 1.91. The van der Waals surface area contributed by atoms with E-state index in [1.807, 2.05) is 25.5 Å². The zero-order valence-electron chi connectivity index (χ0n) is 10.4. The van der Waals surface area contributed by atoms with Crippen molar-refractivity contribution in [3.63, 3.8) is 0 Å². The summed E-state index contributed by atoms with van der Waals surface area (Å²) in [6.07, 6.45) is 5.43. The van der Waals surface area contributed by atoms with Gasteiger partial charge in [-0.2, -0.15) is 5.10 Å². The number of anilines is 1. The molecular weight excluding hydrogens is 214 g/mol. The largest absolute Gasteiger partial charge is 0.366 e. The molecule has 0 unspecified atom stereocenters. The van der Waals surface area contributed by atoms with Crippen LogP contribution in [-0.2, 0) is 13.6 Å². The van der Waals surface area contributed by atoms with Crippen molar-refractivity contribution in [2.45, 2.75) is 26.3 Å². The molecule has 0 aromatic carbocycles. The van der Waals surface area contributed by atoms with Crippen LogP contribution in [0.2, 0.25) is 0 Å². The maximum absolute atomic E-state index is 4.23. The van der Waals surface area contributed by atoms with E-state index in [2.05, 4.69) is 34.2 Å². The van der Waals surface area contributed by atoms with Gasteiger partial charge in [-0.25, -0.2) is 9.97 Å². The molecule has 1 N–H and O–H groups in total. The van der Waals surface area contributed by atoms with Gasteiger partial charge in [-0.05, 0) is 5.92 Å². The van der Waals surface area contributed by atoms with Gasteiger partial charge in [-0.1, -0.05) is 13.8 Å². The molecule has 0 aliphatic carbocycles. The lowest BCUT2D eigenvalue weighted by Crippen LogP contribution is -2.03. The highest BCUT2D eigenvalue weighted by atomic mass is 15.2. The van der Waals surface area contributed by atoms with Gasteiger partial charge < -0.3 is 5.32 Å². The molecule has 0 spiro atoms. The Hall–Kier alpha value is -1.91. The summed E-state index contributed by atoms with van der Waals surface area (Å²) in [6, 6.07) is 1.99. The van der Waals surface area contributed by atoms with Crippen LogP contribution >= 0.6 is 0 Å². The van der Waals surface area contributed by atoms with E-state index in [-0.39, 0.29) is 0 Å². The second kappa shape index (κ2) is 4.95. The Kier molecular flexibility index (Phi) is 3.37. The van der Waals surface area contributed by atoms with Gasteiger partial charge in [0.15, 0.2) is 0 Å². The molecule has 0 atom stereocenters. The molecule has 2 heterocycles. The molecule has 0 radical (unpaired) electrons. The fraction of sp³-hybridized carbons (Fsp3) is 0.417. The van der Waals surface area contributed by atoms with E-state index in [0.29, 0.717) is 5.92 Å². The number of aryl methyl sites for hydroxylation is 1. The van der Waals surface area contributed by atoms with Crippen LogP contribution in [-0.4, -0.2) is 19.7 Å². The molecule has 0 saturated heterocycles. The van der Waals surface area contributed by atoms with Crippen molar-refractivity contribution in [2.75, 3.05) is 5.32 Å². The molecule has 5 nitrogen and oxygen atoms in total. The van der Waals surface area contributed by atoms with Gasteiger partial charge in [-0.15, -0.1) is 0 Å². The molecule has 0 amide bonds. The van der Waals surface area contributed by atoms with E-state index in [4.69, 9.17) is 0 Å². The summed E-state index contributed by atoms with van der Waals surface area (Å²) in [4.78, 5) is 8.42. The first-order valence-electron chi connectivity index (χ1n) is 5.68. The third-order valence-corrected chi connectivity index (χ3v) is 2.51. The van der Waals surface area contributed by atoms with Crippen LogP contribution in [0.4, 0.5) is 5.82 Å². The first kappa shape index (κ1) is 11.6. The van der Waals surface area contributed by atoms with Crippen LogP contribution in [0.5, 0.6) is 0 Å². The van der Waals surface area contributed by atoms with Crippen LogP contribution in [0.3, 0.4) is 0 Å². The first-order chi connectivity index (χ1) is 8.15. The minimum Gasteiger partial charge on any atom is -0.366 e. The number of nitrogens with one attached hydrogen (secondary N) is 1. The smallest absolute Gasteiger partial charge is 0.129 e.